The van der Waals surface area contributed by atoms with Gasteiger partial charge in [0.1, 0.15) is 16.8 Å². The SMILES string of the molecule is O=C(O)C(CCO)NS(=O)(=O)c1ccc(Cl)cc1F. The van der Waals surface area contributed by atoms with Crippen LogP contribution in [-0.4, -0.2) is 37.2 Å². The van der Waals surface area contributed by atoms with Gasteiger partial charge in [0.25, 0.3) is 0 Å². The van der Waals surface area contributed by atoms with Gasteiger partial charge in [0.2, 0.25) is 10.0 Å². The molecule has 1 aromatic carbocycles. The molecule has 1 aromatic rings. The average Bonchev–Trinajstić information content (AvgIpc) is 2.27. The average molecular weight is 312 g/mol. The van der Waals surface area contributed by atoms with Gasteiger partial charge in [-0.2, -0.15) is 4.72 Å². The number of carboxylic acids is 1. The Hall–Kier alpha value is -1.22. The van der Waals surface area contributed by atoms with Crippen molar-refractivity contribution in [1.29, 1.82) is 0 Å². The molecule has 0 radical (unpaired) electrons. The Bertz CT molecular complexity index is 577. The van der Waals surface area contributed by atoms with Crippen molar-refractivity contribution in [2.24, 2.45) is 0 Å². The van der Waals surface area contributed by atoms with Crippen LogP contribution in [0.4, 0.5) is 4.39 Å². The van der Waals surface area contributed by atoms with Gasteiger partial charge < -0.3 is 10.2 Å². The molecular weight excluding hydrogens is 301 g/mol. The van der Waals surface area contributed by atoms with Gasteiger partial charge in [-0.25, -0.2) is 12.8 Å². The second kappa shape index (κ2) is 6.29. The number of rotatable bonds is 6. The molecule has 19 heavy (non-hydrogen) atoms. The molecule has 0 saturated carbocycles. The third kappa shape index (κ3) is 4.13. The first-order valence-corrected chi connectivity index (χ1v) is 6.95. The zero-order chi connectivity index (χ0) is 14.6. The molecule has 9 heteroatoms. The Kier molecular flexibility index (Phi) is 5.24. The van der Waals surface area contributed by atoms with Crippen molar-refractivity contribution in [3.05, 3.63) is 29.0 Å². The second-order valence-corrected chi connectivity index (χ2v) is 5.72. The van der Waals surface area contributed by atoms with Gasteiger partial charge in [-0.1, -0.05) is 11.6 Å². The van der Waals surface area contributed by atoms with E-state index in [9.17, 15) is 17.6 Å². The fourth-order valence-electron chi connectivity index (χ4n) is 1.31. The summed E-state index contributed by atoms with van der Waals surface area (Å²) in [5, 5.41) is 17.4. The minimum Gasteiger partial charge on any atom is -0.480 e. The largest absolute Gasteiger partial charge is 0.480 e. The van der Waals surface area contributed by atoms with E-state index < -0.39 is 39.4 Å². The third-order valence-electron chi connectivity index (χ3n) is 2.20. The number of aliphatic hydroxyl groups excluding tert-OH is 1. The number of hydrogen-bond acceptors (Lipinski definition) is 4. The molecule has 0 aromatic heterocycles. The Labute approximate surface area is 113 Å². The molecule has 0 aliphatic carbocycles. The number of aliphatic hydroxyl groups is 1. The van der Waals surface area contributed by atoms with Crippen LogP contribution in [0.5, 0.6) is 0 Å². The van der Waals surface area contributed by atoms with Crippen LogP contribution in [-0.2, 0) is 14.8 Å². The first-order valence-electron chi connectivity index (χ1n) is 5.09. The molecule has 0 heterocycles. The highest BCUT2D eigenvalue weighted by atomic mass is 35.5. The van der Waals surface area contributed by atoms with Gasteiger partial charge in [-0.05, 0) is 24.6 Å². The van der Waals surface area contributed by atoms with Crippen LogP contribution in [0, 0.1) is 5.82 Å². The number of nitrogens with one attached hydrogen (secondary N) is 1. The van der Waals surface area contributed by atoms with E-state index in [4.69, 9.17) is 21.8 Å². The van der Waals surface area contributed by atoms with Gasteiger partial charge in [-0.15, -0.1) is 0 Å². The summed E-state index contributed by atoms with van der Waals surface area (Å²) < 4.78 is 38.9. The monoisotopic (exact) mass is 311 g/mol. The van der Waals surface area contributed by atoms with Gasteiger partial charge in [0.15, 0.2) is 0 Å². The van der Waals surface area contributed by atoms with Gasteiger partial charge >= 0.3 is 5.97 Å². The van der Waals surface area contributed by atoms with E-state index in [2.05, 4.69) is 0 Å². The molecule has 3 N–H and O–H groups in total. The first kappa shape index (κ1) is 15.8. The number of halogens is 2. The lowest BCUT2D eigenvalue weighted by Gasteiger charge is -2.14. The van der Waals surface area contributed by atoms with Crippen molar-refractivity contribution >= 4 is 27.6 Å². The van der Waals surface area contributed by atoms with Crippen molar-refractivity contribution in [3.8, 4) is 0 Å². The molecule has 0 saturated heterocycles. The third-order valence-corrected chi connectivity index (χ3v) is 3.94. The molecule has 0 amide bonds. The summed E-state index contributed by atoms with van der Waals surface area (Å²) in [5.74, 6) is -2.56. The van der Waals surface area contributed by atoms with Crippen molar-refractivity contribution in [2.75, 3.05) is 6.61 Å². The summed E-state index contributed by atoms with van der Waals surface area (Å²) in [6.07, 6.45) is -0.330. The smallest absolute Gasteiger partial charge is 0.321 e. The topological polar surface area (TPSA) is 104 Å². The molecule has 1 atom stereocenters. The van der Waals surface area contributed by atoms with Gasteiger partial charge in [0, 0.05) is 11.6 Å². The quantitative estimate of drug-likeness (QED) is 0.713. The van der Waals surface area contributed by atoms with E-state index in [1.54, 1.807) is 4.72 Å². The number of carboxylic acid groups (broad SMARTS) is 1. The predicted molar refractivity (Wildman–Crippen MR) is 64.9 cm³/mol. The minimum absolute atomic E-state index is 0.0154. The molecule has 0 aliphatic heterocycles. The van der Waals surface area contributed by atoms with E-state index in [-0.39, 0.29) is 11.4 Å². The highest BCUT2D eigenvalue weighted by Crippen LogP contribution is 2.19. The van der Waals surface area contributed by atoms with Crippen LogP contribution < -0.4 is 4.72 Å². The van der Waals surface area contributed by atoms with Crippen LogP contribution in [0.1, 0.15) is 6.42 Å². The van der Waals surface area contributed by atoms with Crippen molar-refractivity contribution < 1.29 is 27.8 Å². The lowest BCUT2D eigenvalue weighted by molar-refractivity contribution is -0.139. The van der Waals surface area contributed by atoms with E-state index in [0.717, 1.165) is 12.1 Å². The maximum absolute atomic E-state index is 13.5. The number of carbonyl (C=O) groups is 1. The lowest BCUT2D eigenvalue weighted by atomic mass is 10.2. The lowest BCUT2D eigenvalue weighted by Crippen LogP contribution is -2.41. The maximum atomic E-state index is 13.5. The number of aliphatic carboxylic acids is 1. The van der Waals surface area contributed by atoms with Gasteiger partial charge in [0.05, 0.1) is 0 Å². The fourth-order valence-corrected chi connectivity index (χ4v) is 2.75. The first-order chi connectivity index (χ1) is 8.77. The summed E-state index contributed by atoms with van der Waals surface area (Å²) >= 11 is 5.49. The molecule has 1 unspecified atom stereocenters. The van der Waals surface area contributed by atoms with E-state index >= 15 is 0 Å². The molecule has 0 spiro atoms. The Morgan fingerprint density at radius 3 is 2.58 bits per heavy atom. The summed E-state index contributed by atoms with van der Waals surface area (Å²) in [6, 6.07) is 1.36. The van der Waals surface area contributed by atoms with Crippen LogP contribution in [0.25, 0.3) is 0 Å². The van der Waals surface area contributed by atoms with Gasteiger partial charge in [-0.3, -0.25) is 4.79 Å². The highest BCUT2D eigenvalue weighted by Gasteiger charge is 2.27. The normalized spacial score (nSPS) is 13.2. The van der Waals surface area contributed by atoms with E-state index in [1.165, 1.54) is 6.07 Å². The van der Waals surface area contributed by atoms with Crippen LogP contribution in [0.15, 0.2) is 23.1 Å². The number of benzene rings is 1. The molecule has 0 fully saturated rings. The maximum Gasteiger partial charge on any atom is 0.321 e. The second-order valence-electron chi connectivity index (χ2n) is 3.60. The van der Waals surface area contributed by atoms with Crippen LogP contribution in [0.3, 0.4) is 0 Å². The van der Waals surface area contributed by atoms with E-state index in [1.807, 2.05) is 0 Å². The highest BCUT2D eigenvalue weighted by molar-refractivity contribution is 7.89. The van der Waals surface area contributed by atoms with Crippen LogP contribution >= 0.6 is 11.6 Å². The molecule has 0 bridgehead atoms. The molecular formula is C10H11ClFNO5S. The zero-order valence-electron chi connectivity index (χ0n) is 9.51. The zero-order valence-corrected chi connectivity index (χ0v) is 11.1. The Morgan fingerprint density at radius 1 is 1.47 bits per heavy atom. The Morgan fingerprint density at radius 2 is 2.11 bits per heavy atom. The van der Waals surface area contributed by atoms with E-state index in [0.29, 0.717) is 0 Å². The standard InChI is InChI=1S/C10H11ClFNO5S/c11-6-1-2-9(7(12)5-6)19(17,18)13-8(3-4-14)10(15)16/h1-2,5,8,13-14H,3-4H2,(H,15,16). The minimum atomic E-state index is -4.35. The summed E-state index contributed by atoms with van der Waals surface area (Å²) in [4.78, 5) is 10.1. The van der Waals surface area contributed by atoms with Crippen LogP contribution in [0.2, 0.25) is 5.02 Å². The number of sulfonamides is 1. The predicted octanol–water partition coefficient (Wildman–Crippen LogP) is 0.593. The van der Waals surface area contributed by atoms with Crippen molar-refractivity contribution in [3.63, 3.8) is 0 Å². The molecule has 106 valence electrons. The van der Waals surface area contributed by atoms with Crippen molar-refractivity contribution in [1.82, 2.24) is 4.72 Å². The number of hydrogen-bond donors (Lipinski definition) is 3. The summed E-state index contributed by atoms with van der Waals surface area (Å²) in [5.41, 5.74) is 0. The molecule has 1 rings (SSSR count). The summed E-state index contributed by atoms with van der Waals surface area (Å²) in [7, 11) is -4.35. The molecule has 6 nitrogen and oxygen atoms in total. The Balaban J connectivity index is 3.06. The fraction of sp³-hybridized carbons (Fsp3) is 0.300. The van der Waals surface area contributed by atoms with Crippen molar-refractivity contribution in [2.45, 2.75) is 17.4 Å². The summed E-state index contributed by atoms with van der Waals surface area (Å²) in [6.45, 7) is -0.525. The molecule has 0 aliphatic rings.